The fourth-order valence-corrected chi connectivity index (χ4v) is 5.13. The number of halogens is 2. The van der Waals surface area contributed by atoms with Gasteiger partial charge in [0.2, 0.25) is 5.91 Å². The molecular weight excluding hydrogens is 586 g/mol. The van der Waals surface area contributed by atoms with Gasteiger partial charge in [-0.05, 0) is 30.3 Å². The molecule has 5 rings (SSSR count). The smallest absolute Gasteiger partial charge is 0.298 e. The van der Waals surface area contributed by atoms with Crippen molar-refractivity contribution in [1.29, 1.82) is 5.26 Å². The Labute approximate surface area is 256 Å². The molecule has 1 aliphatic heterocycles. The molecule has 13 heteroatoms. The molecular formula is C32H28F2N6O5. The standard InChI is InChI=1S/C32H28F2N6O5/c1-38(28(42)19-41)17-25-18-39(24-11-9-23(10-12-24)32(33,34)22-6-4-3-5-7-22)31(44)29-26(16-36-40(25)29)37-30(43)20-8-13-27(45-2)21(14-20)15-35/h3-14,16,25,41H,17-19H2,1-2H3,(H,37,43). The van der Waals surface area contributed by atoms with E-state index in [1.54, 1.807) is 6.07 Å². The second-order valence-corrected chi connectivity index (χ2v) is 10.3. The second-order valence-electron chi connectivity index (χ2n) is 10.3. The number of carbonyl (C=O) groups excluding carboxylic acids is 3. The number of alkyl halides is 2. The van der Waals surface area contributed by atoms with E-state index in [0.29, 0.717) is 11.4 Å². The van der Waals surface area contributed by atoms with Gasteiger partial charge in [0.15, 0.2) is 5.69 Å². The van der Waals surface area contributed by atoms with E-state index >= 15 is 8.78 Å². The highest BCUT2D eigenvalue weighted by atomic mass is 19.3. The Morgan fingerprint density at radius 3 is 2.47 bits per heavy atom. The lowest BCUT2D eigenvalue weighted by atomic mass is 10.00. The number of amides is 3. The lowest BCUT2D eigenvalue weighted by Crippen LogP contribution is -2.48. The van der Waals surface area contributed by atoms with Gasteiger partial charge in [-0.3, -0.25) is 19.1 Å². The Morgan fingerprint density at radius 2 is 1.82 bits per heavy atom. The van der Waals surface area contributed by atoms with Crippen LogP contribution in [0.25, 0.3) is 0 Å². The van der Waals surface area contributed by atoms with Crippen LogP contribution in [-0.4, -0.2) is 71.4 Å². The maximum atomic E-state index is 15.2. The van der Waals surface area contributed by atoms with E-state index in [1.807, 2.05) is 6.07 Å². The molecule has 2 heterocycles. The molecule has 2 N–H and O–H groups in total. The van der Waals surface area contributed by atoms with E-state index in [9.17, 15) is 24.8 Å². The van der Waals surface area contributed by atoms with Gasteiger partial charge in [0.1, 0.15) is 18.4 Å². The van der Waals surface area contributed by atoms with Crippen molar-refractivity contribution in [3.63, 3.8) is 0 Å². The molecule has 1 aliphatic rings. The van der Waals surface area contributed by atoms with Crippen molar-refractivity contribution in [3.05, 3.63) is 107 Å². The van der Waals surface area contributed by atoms with Crippen LogP contribution < -0.4 is 15.0 Å². The lowest BCUT2D eigenvalue weighted by molar-refractivity contribution is -0.133. The van der Waals surface area contributed by atoms with Crippen molar-refractivity contribution in [1.82, 2.24) is 14.7 Å². The number of rotatable bonds is 9. The highest BCUT2D eigenvalue weighted by Crippen LogP contribution is 2.37. The van der Waals surface area contributed by atoms with Crippen LogP contribution in [0.1, 0.15) is 43.6 Å². The zero-order chi connectivity index (χ0) is 32.3. The molecule has 1 unspecified atom stereocenters. The summed E-state index contributed by atoms with van der Waals surface area (Å²) in [4.78, 5) is 41.9. The number of carbonyl (C=O) groups is 3. The van der Waals surface area contributed by atoms with Crippen molar-refractivity contribution >= 4 is 29.1 Å². The number of aliphatic hydroxyl groups is 1. The van der Waals surface area contributed by atoms with Crippen LogP contribution in [0, 0.1) is 11.3 Å². The largest absolute Gasteiger partial charge is 0.495 e. The van der Waals surface area contributed by atoms with Gasteiger partial charge in [0.05, 0.1) is 37.1 Å². The number of aliphatic hydroxyl groups excluding tert-OH is 1. The van der Waals surface area contributed by atoms with Crippen molar-refractivity contribution in [2.75, 3.05) is 44.1 Å². The molecule has 11 nitrogen and oxygen atoms in total. The van der Waals surface area contributed by atoms with E-state index in [-0.39, 0.29) is 46.7 Å². The van der Waals surface area contributed by atoms with Gasteiger partial charge in [-0.1, -0.05) is 42.5 Å². The van der Waals surface area contributed by atoms with Gasteiger partial charge >= 0.3 is 0 Å². The molecule has 1 aromatic heterocycles. The minimum Gasteiger partial charge on any atom is -0.495 e. The fourth-order valence-electron chi connectivity index (χ4n) is 5.13. The Morgan fingerprint density at radius 1 is 1.13 bits per heavy atom. The van der Waals surface area contributed by atoms with Crippen molar-refractivity contribution in [2.45, 2.75) is 12.0 Å². The second kappa shape index (κ2) is 12.6. The number of nitrogens with zero attached hydrogens (tertiary/aromatic N) is 5. The summed E-state index contributed by atoms with van der Waals surface area (Å²) < 4.78 is 36.9. The molecule has 0 radical (unpaired) electrons. The molecule has 0 aliphatic carbocycles. The summed E-state index contributed by atoms with van der Waals surface area (Å²) in [5, 5.41) is 25.8. The number of nitrogens with one attached hydrogen (secondary N) is 1. The molecule has 0 spiro atoms. The predicted octanol–water partition coefficient (Wildman–Crippen LogP) is 3.81. The molecule has 4 aromatic rings. The monoisotopic (exact) mass is 614 g/mol. The van der Waals surface area contributed by atoms with E-state index < -0.39 is 36.3 Å². The SMILES string of the molecule is COc1ccc(C(=O)Nc2cnn3c2C(=O)N(c2ccc(C(F)(F)c4ccccc4)cc2)CC3CN(C)C(=O)CO)cc1C#N. The molecule has 0 bridgehead atoms. The molecule has 3 amide bonds. The van der Waals surface area contributed by atoms with Gasteiger partial charge in [0.25, 0.3) is 17.7 Å². The van der Waals surface area contributed by atoms with E-state index in [0.717, 1.165) is 0 Å². The number of hydrogen-bond acceptors (Lipinski definition) is 7. The molecule has 0 saturated carbocycles. The topological polar surface area (TPSA) is 141 Å². The summed E-state index contributed by atoms with van der Waals surface area (Å²) in [7, 11) is 2.89. The molecule has 1 atom stereocenters. The number of aromatic nitrogens is 2. The average Bonchev–Trinajstić information content (AvgIpc) is 3.49. The molecule has 0 saturated heterocycles. The number of ether oxygens (including phenoxy) is 1. The number of benzene rings is 3. The van der Waals surface area contributed by atoms with Crippen molar-refractivity contribution in [3.8, 4) is 11.8 Å². The third-order valence-corrected chi connectivity index (χ3v) is 7.54. The molecule has 230 valence electrons. The highest BCUT2D eigenvalue weighted by Gasteiger charge is 2.38. The number of fused-ring (bicyclic) bond motifs is 1. The van der Waals surface area contributed by atoms with Gasteiger partial charge in [-0.2, -0.15) is 19.1 Å². The first-order valence-corrected chi connectivity index (χ1v) is 13.8. The summed E-state index contributed by atoms with van der Waals surface area (Å²) in [6, 6.07) is 18.3. The number of anilines is 2. The first-order valence-electron chi connectivity index (χ1n) is 13.8. The van der Waals surface area contributed by atoms with Gasteiger partial charge in [0, 0.05) is 36.0 Å². The summed E-state index contributed by atoms with van der Waals surface area (Å²) in [5.74, 6) is -4.72. The Kier molecular flexibility index (Phi) is 8.60. The highest BCUT2D eigenvalue weighted by molar-refractivity contribution is 6.13. The van der Waals surface area contributed by atoms with Crippen molar-refractivity contribution < 1.29 is 33.0 Å². The number of hydrogen-bond donors (Lipinski definition) is 2. The van der Waals surface area contributed by atoms with Crippen LogP contribution in [0.4, 0.5) is 20.2 Å². The van der Waals surface area contributed by atoms with Crippen LogP contribution in [0.15, 0.2) is 79.0 Å². The maximum Gasteiger partial charge on any atom is 0.298 e. The minimum atomic E-state index is -3.27. The van der Waals surface area contributed by atoms with E-state index in [4.69, 9.17) is 4.74 Å². The van der Waals surface area contributed by atoms with Crippen LogP contribution in [0.3, 0.4) is 0 Å². The van der Waals surface area contributed by atoms with E-state index in [1.165, 1.54) is 102 Å². The number of nitriles is 1. The van der Waals surface area contributed by atoms with Gasteiger partial charge in [-0.15, -0.1) is 0 Å². The van der Waals surface area contributed by atoms with Crippen LogP contribution in [-0.2, 0) is 10.7 Å². The Bertz CT molecular complexity index is 1790. The van der Waals surface area contributed by atoms with Crippen LogP contribution >= 0.6 is 0 Å². The fraction of sp³-hybridized carbons (Fsp3) is 0.219. The zero-order valence-electron chi connectivity index (χ0n) is 24.3. The summed E-state index contributed by atoms with van der Waals surface area (Å²) in [6.07, 6.45) is 1.30. The van der Waals surface area contributed by atoms with Gasteiger partial charge in [-0.25, -0.2) is 0 Å². The minimum absolute atomic E-state index is 0.00263. The Hall–Kier alpha value is -5.61. The van der Waals surface area contributed by atoms with E-state index in [2.05, 4.69) is 10.4 Å². The number of likely N-dealkylation sites (N-methyl/N-ethyl adjacent to an activating group) is 1. The normalized spacial score (nSPS) is 14.4. The third kappa shape index (κ3) is 5.96. The molecule has 45 heavy (non-hydrogen) atoms. The van der Waals surface area contributed by atoms with Gasteiger partial charge < -0.3 is 25.0 Å². The lowest BCUT2D eigenvalue weighted by Gasteiger charge is -2.35. The summed E-state index contributed by atoms with van der Waals surface area (Å²) in [5.41, 5.74) is 0.212. The number of methoxy groups -OCH3 is 1. The molecule has 0 fully saturated rings. The maximum absolute atomic E-state index is 15.2. The zero-order valence-corrected chi connectivity index (χ0v) is 24.3. The predicted molar refractivity (Wildman–Crippen MR) is 159 cm³/mol. The quantitative estimate of drug-likeness (QED) is 0.292. The summed E-state index contributed by atoms with van der Waals surface area (Å²) >= 11 is 0. The molecule has 3 aromatic carbocycles. The average molecular weight is 615 g/mol. The third-order valence-electron chi connectivity index (χ3n) is 7.54. The first kappa shape index (κ1) is 30.8. The van der Waals surface area contributed by atoms with Crippen molar-refractivity contribution in [2.24, 2.45) is 0 Å². The van der Waals surface area contributed by atoms with Crippen LogP contribution in [0.5, 0.6) is 5.75 Å². The van der Waals surface area contributed by atoms with Crippen LogP contribution in [0.2, 0.25) is 0 Å². The first-order chi connectivity index (χ1) is 21.6. The Balaban J connectivity index is 1.48. The summed E-state index contributed by atoms with van der Waals surface area (Å²) in [6.45, 7) is -0.662.